The number of methoxy groups -OCH3 is 1. The number of carboxylic acids is 1. The van der Waals surface area contributed by atoms with Gasteiger partial charge in [-0.25, -0.2) is 4.79 Å². The second kappa shape index (κ2) is 6.54. The van der Waals surface area contributed by atoms with E-state index in [0.29, 0.717) is 19.6 Å². The van der Waals surface area contributed by atoms with Crippen LogP contribution in [0.4, 0.5) is 5.69 Å². The summed E-state index contributed by atoms with van der Waals surface area (Å²) in [5.41, 5.74) is 1.05. The summed E-state index contributed by atoms with van der Waals surface area (Å²) in [4.78, 5) is 10.8. The molecular formula is C14H21NO4. The zero-order chi connectivity index (χ0) is 14.5. The minimum atomic E-state index is -0.943. The Bertz CT molecular complexity index is 443. The molecule has 0 amide bonds. The Kier molecular flexibility index (Phi) is 5.32. The van der Waals surface area contributed by atoms with Gasteiger partial charge in [0.15, 0.2) is 0 Å². The maximum Gasteiger partial charge on any atom is 0.335 e. The van der Waals surface area contributed by atoms with Gasteiger partial charge >= 0.3 is 5.97 Å². The fourth-order valence-electron chi connectivity index (χ4n) is 1.69. The van der Waals surface area contributed by atoms with Crippen LogP contribution in [-0.2, 0) is 4.74 Å². The molecule has 0 bridgehead atoms. The third-order valence-electron chi connectivity index (χ3n) is 2.98. The zero-order valence-electron chi connectivity index (χ0n) is 11.6. The van der Waals surface area contributed by atoms with Gasteiger partial charge in [-0.2, -0.15) is 0 Å². The summed E-state index contributed by atoms with van der Waals surface area (Å²) >= 11 is 0. The quantitative estimate of drug-likeness (QED) is 0.703. The molecule has 0 aliphatic heterocycles. The second-order valence-electron chi connectivity index (χ2n) is 4.93. The number of anilines is 1. The average Bonchev–Trinajstić information content (AvgIpc) is 2.35. The van der Waals surface area contributed by atoms with Crippen molar-refractivity contribution in [3.8, 4) is 0 Å². The molecule has 1 unspecified atom stereocenters. The van der Waals surface area contributed by atoms with Gasteiger partial charge in [0.1, 0.15) is 0 Å². The largest absolute Gasteiger partial charge is 0.478 e. The predicted octanol–water partition coefficient (Wildman–Crippen LogP) is 1.89. The SMILES string of the molecule is COCCC(C)(O)CNc1ccc(C(=O)O)cc1C. The topological polar surface area (TPSA) is 78.8 Å². The summed E-state index contributed by atoms with van der Waals surface area (Å²) in [6, 6.07) is 4.86. The van der Waals surface area contributed by atoms with Crippen LogP contribution < -0.4 is 5.32 Å². The van der Waals surface area contributed by atoms with Crippen molar-refractivity contribution in [3.05, 3.63) is 29.3 Å². The predicted molar refractivity (Wildman–Crippen MR) is 73.7 cm³/mol. The molecule has 1 aromatic carbocycles. The van der Waals surface area contributed by atoms with E-state index >= 15 is 0 Å². The number of ether oxygens (including phenoxy) is 1. The number of aryl methyl sites for hydroxylation is 1. The van der Waals surface area contributed by atoms with Gasteiger partial charge in [-0.3, -0.25) is 0 Å². The first kappa shape index (κ1) is 15.5. The smallest absolute Gasteiger partial charge is 0.335 e. The zero-order valence-corrected chi connectivity index (χ0v) is 11.6. The molecule has 0 saturated heterocycles. The van der Waals surface area contributed by atoms with E-state index in [-0.39, 0.29) is 5.56 Å². The molecule has 1 rings (SSSR count). The van der Waals surface area contributed by atoms with Gasteiger partial charge in [0.25, 0.3) is 0 Å². The van der Waals surface area contributed by atoms with Crippen LogP contribution >= 0.6 is 0 Å². The van der Waals surface area contributed by atoms with Gasteiger partial charge in [0.05, 0.1) is 11.2 Å². The van der Waals surface area contributed by atoms with Crippen LogP contribution in [-0.4, -0.2) is 42.0 Å². The summed E-state index contributed by atoms with van der Waals surface area (Å²) in [7, 11) is 1.60. The molecule has 19 heavy (non-hydrogen) atoms. The Morgan fingerprint density at radius 3 is 2.68 bits per heavy atom. The molecule has 1 aromatic rings. The lowest BCUT2D eigenvalue weighted by atomic mass is 10.0. The van der Waals surface area contributed by atoms with Gasteiger partial charge in [0, 0.05) is 32.4 Å². The van der Waals surface area contributed by atoms with E-state index in [1.807, 2.05) is 6.92 Å². The summed E-state index contributed by atoms with van der Waals surface area (Å²) < 4.78 is 4.94. The molecule has 106 valence electrons. The lowest BCUT2D eigenvalue weighted by Gasteiger charge is -2.24. The highest BCUT2D eigenvalue weighted by atomic mass is 16.5. The highest BCUT2D eigenvalue weighted by Gasteiger charge is 2.20. The number of nitrogens with one attached hydrogen (secondary N) is 1. The van der Waals surface area contributed by atoms with Crippen molar-refractivity contribution in [1.82, 2.24) is 0 Å². The molecule has 0 aliphatic rings. The van der Waals surface area contributed by atoms with Gasteiger partial charge in [0.2, 0.25) is 0 Å². The Hall–Kier alpha value is -1.59. The van der Waals surface area contributed by atoms with E-state index in [9.17, 15) is 9.90 Å². The normalized spacial score (nSPS) is 13.9. The first-order valence-corrected chi connectivity index (χ1v) is 6.15. The highest BCUT2D eigenvalue weighted by molar-refractivity contribution is 5.88. The van der Waals surface area contributed by atoms with Crippen molar-refractivity contribution in [2.45, 2.75) is 25.9 Å². The number of hydrogen-bond acceptors (Lipinski definition) is 4. The van der Waals surface area contributed by atoms with E-state index in [4.69, 9.17) is 9.84 Å². The van der Waals surface area contributed by atoms with Crippen molar-refractivity contribution in [3.63, 3.8) is 0 Å². The summed E-state index contributed by atoms with van der Waals surface area (Å²) in [6.45, 7) is 4.44. The van der Waals surface area contributed by atoms with E-state index in [1.165, 1.54) is 0 Å². The monoisotopic (exact) mass is 267 g/mol. The molecule has 5 heteroatoms. The van der Waals surface area contributed by atoms with Crippen LogP contribution in [0.2, 0.25) is 0 Å². The van der Waals surface area contributed by atoms with Crippen molar-refractivity contribution in [2.24, 2.45) is 0 Å². The second-order valence-corrected chi connectivity index (χ2v) is 4.93. The molecule has 0 aliphatic carbocycles. The highest BCUT2D eigenvalue weighted by Crippen LogP contribution is 2.18. The molecule has 0 aromatic heterocycles. The molecule has 3 N–H and O–H groups in total. The summed E-state index contributed by atoms with van der Waals surface area (Å²) in [5, 5.41) is 22.1. The van der Waals surface area contributed by atoms with Crippen LogP contribution in [0.15, 0.2) is 18.2 Å². The number of hydrogen-bond donors (Lipinski definition) is 3. The Morgan fingerprint density at radius 2 is 2.16 bits per heavy atom. The van der Waals surface area contributed by atoms with Crippen LogP contribution in [0.25, 0.3) is 0 Å². The molecular weight excluding hydrogens is 246 g/mol. The van der Waals surface area contributed by atoms with Crippen molar-refractivity contribution in [1.29, 1.82) is 0 Å². The van der Waals surface area contributed by atoms with Crippen molar-refractivity contribution >= 4 is 11.7 Å². The Balaban J connectivity index is 2.65. The van der Waals surface area contributed by atoms with Crippen LogP contribution in [0, 0.1) is 6.92 Å². The molecule has 0 radical (unpaired) electrons. The maximum atomic E-state index is 10.8. The maximum absolute atomic E-state index is 10.8. The van der Waals surface area contributed by atoms with E-state index in [0.717, 1.165) is 11.3 Å². The number of carbonyl (C=O) groups is 1. The number of aromatic carboxylic acids is 1. The number of aliphatic hydroxyl groups is 1. The van der Waals surface area contributed by atoms with Crippen LogP contribution in [0.1, 0.15) is 29.3 Å². The fraction of sp³-hybridized carbons (Fsp3) is 0.500. The minimum Gasteiger partial charge on any atom is -0.478 e. The standard InChI is InChI=1S/C14H21NO4/c1-10-8-11(13(16)17)4-5-12(10)15-9-14(2,18)6-7-19-3/h4-5,8,15,18H,6-7,9H2,1-3H3,(H,16,17). The lowest BCUT2D eigenvalue weighted by Crippen LogP contribution is -2.34. The van der Waals surface area contributed by atoms with Crippen LogP contribution in [0.5, 0.6) is 0 Å². The van der Waals surface area contributed by atoms with E-state index in [1.54, 1.807) is 32.2 Å². The summed E-state index contributed by atoms with van der Waals surface area (Å²) in [6.07, 6.45) is 0.531. The van der Waals surface area contributed by atoms with E-state index in [2.05, 4.69) is 5.32 Å². The number of rotatable bonds is 7. The molecule has 0 spiro atoms. The molecule has 1 atom stereocenters. The molecule has 0 fully saturated rings. The summed E-state index contributed by atoms with van der Waals surface area (Å²) in [5.74, 6) is -0.943. The molecule has 0 heterocycles. The van der Waals surface area contributed by atoms with E-state index < -0.39 is 11.6 Å². The van der Waals surface area contributed by atoms with Gasteiger partial charge in [-0.05, 0) is 37.6 Å². The molecule has 0 saturated carbocycles. The number of benzene rings is 1. The molecule has 5 nitrogen and oxygen atoms in total. The Morgan fingerprint density at radius 1 is 1.47 bits per heavy atom. The third-order valence-corrected chi connectivity index (χ3v) is 2.98. The van der Waals surface area contributed by atoms with Crippen molar-refractivity contribution < 1.29 is 19.7 Å². The minimum absolute atomic E-state index is 0.259. The fourth-order valence-corrected chi connectivity index (χ4v) is 1.69. The average molecular weight is 267 g/mol. The first-order chi connectivity index (χ1) is 8.85. The first-order valence-electron chi connectivity index (χ1n) is 6.15. The van der Waals surface area contributed by atoms with Gasteiger partial charge < -0.3 is 20.3 Å². The Labute approximate surface area is 113 Å². The van der Waals surface area contributed by atoms with Gasteiger partial charge in [-0.15, -0.1) is 0 Å². The lowest BCUT2D eigenvalue weighted by molar-refractivity contribution is 0.0357. The van der Waals surface area contributed by atoms with Crippen LogP contribution in [0.3, 0.4) is 0 Å². The third kappa shape index (κ3) is 4.89. The van der Waals surface area contributed by atoms with Gasteiger partial charge in [-0.1, -0.05) is 0 Å². The number of carboxylic acid groups (broad SMARTS) is 1. The van der Waals surface area contributed by atoms with Crippen molar-refractivity contribution in [2.75, 3.05) is 25.6 Å².